The van der Waals surface area contributed by atoms with Crippen LogP contribution in [-0.4, -0.2) is 19.9 Å². The molecule has 2 heteroatoms. The molecule has 2 atom stereocenters. The molecule has 11 heavy (non-hydrogen) atoms. The molecule has 1 aliphatic rings. The highest BCUT2D eigenvalue weighted by Crippen LogP contribution is 2.42. The van der Waals surface area contributed by atoms with Crippen LogP contribution < -0.4 is 0 Å². The van der Waals surface area contributed by atoms with Crippen LogP contribution in [0.1, 0.15) is 20.8 Å². The molecule has 1 rings (SSSR count). The second-order valence-corrected chi connectivity index (χ2v) is 11.0. The predicted octanol–water partition coefficient (Wildman–Crippen LogP) is 2.68. The van der Waals surface area contributed by atoms with Gasteiger partial charge < -0.3 is 4.74 Å². The number of hydrogen-bond donors (Lipinski definition) is 0. The third kappa shape index (κ3) is 2.06. The van der Waals surface area contributed by atoms with E-state index in [9.17, 15) is 0 Å². The molecule has 66 valence electrons. The minimum Gasteiger partial charge on any atom is -0.373 e. The van der Waals surface area contributed by atoms with E-state index in [-0.39, 0.29) is 0 Å². The summed E-state index contributed by atoms with van der Waals surface area (Å²) in [5, 5.41) is 0. The Morgan fingerprint density at radius 3 is 1.64 bits per heavy atom. The van der Waals surface area contributed by atoms with Gasteiger partial charge in [-0.25, -0.2) is 0 Å². The Kier molecular flexibility index (Phi) is 1.96. The summed E-state index contributed by atoms with van der Waals surface area (Å²) < 4.78 is 5.71. The van der Waals surface area contributed by atoms with Crippen molar-refractivity contribution >= 4 is 8.07 Å². The van der Waals surface area contributed by atoms with Gasteiger partial charge in [0, 0.05) is 0 Å². The topological polar surface area (TPSA) is 12.5 Å². The average Bonchev–Trinajstić information content (AvgIpc) is 2.30. The van der Waals surface area contributed by atoms with Crippen LogP contribution in [0, 0.1) is 5.41 Å². The van der Waals surface area contributed by atoms with Gasteiger partial charge in [0.2, 0.25) is 0 Å². The first-order valence-corrected chi connectivity index (χ1v) is 7.96. The van der Waals surface area contributed by atoms with Gasteiger partial charge in [-0.15, -0.1) is 0 Å². The molecular weight excluding hydrogens is 152 g/mol. The average molecular weight is 172 g/mol. The fraction of sp³-hybridized carbons (Fsp3) is 1.00. The number of rotatable bonds is 1. The van der Waals surface area contributed by atoms with E-state index >= 15 is 0 Å². The first-order valence-electron chi connectivity index (χ1n) is 4.38. The summed E-state index contributed by atoms with van der Waals surface area (Å²) in [4.78, 5) is 0. The van der Waals surface area contributed by atoms with Gasteiger partial charge in [0.25, 0.3) is 0 Å². The summed E-state index contributed by atoms with van der Waals surface area (Å²) in [5.74, 6) is 0. The van der Waals surface area contributed by atoms with Crippen LogP contribution in [0.15, 0.2) is 0 Å². The largest absolute Gasteiger partial charge is 0.373 e. The summed E-state index contributed by atoms with van der Waals surface area (Å²) in [6, 6.07) is 0. The van der Waals surface area contributed by atoms with Gasteiger partial charge in [0.05, 0.1) is 19.9 Å². The second kappa shape index (κ2) is 2.33. The molecule has 0 aliphatic carbocycles. The molecule has 0 N–H and O–H groups in total. The maximum absolute atomic E-state index is 5.71. The first kappa shape index (κ1) is 9.27. The smallest absolute Gasteiger partial charge is 0.0855 e. The monoisotopic (exact) mass is 172 g/mol. The molecule has 0 aromatic heterocycles. The van der Waals surface area contributed by atoms with E-state index in [2.05, 4.69) is 40.4 Å². The third-order valence-corrected chi connectivity index (χ3v) is 4.34. The normalized spacial score (nSPS) is 32.2. The number of ether oxygens (including phenoxy) is 1. The van der Waals surface area contributed by atoms with Gasteiger partial charge in [0.15, 0.2) is 0 Å². The molecule has 0 spiro atoms. The van der Waals surface area contributed by atoms with Crippen molar-refractivity contribution in [2.45, 2.75) is 52.2 Å². The summed E-state index contributed by atoms with van der Waals surface area (Å²) in [7, 11) is -1.02. The molecular formula is C9H20OSi. The zero-order valence-corrected chi connectivity index (χ0v) is 9.56. The van der Waals surface area contributed by atoms with Crippen LogP contribution in [0.3, 0.4) is 0 Å². The number of hydrogen-bond acceptors (Lipinski definition) is 1. The Morgan fingerprint density at radius 1 is 1.09 bits per heavy atom. The van der Waals surface area contributed by atoms with Gasteiger partial charge >= 0.3 is 0 Å². The van der Waals surface area contributed by atoms with Crippen molar-refractivity contribution in [3.05, 3.63) is 0 Å². The van der Waals surface area contributed by atoms with E-state index in [1.54, 1.807) is 0 Å². The highest BCUT2D eigenvalue weighted by atomic mass is 28.3. The predicted molar refractivity (Wildman–Crippen MR) is 51.5 cm³/mol. The second-order valence-electron chi connectivity index (χ2n) is 5.71. The van der Waals surface area contributed by atoms with Crippen molar-refractivity contribution in [1.29, 1.82) is 0 Å². The minimum absolute atomic E-state index is 0.352. The Bertz CT molecular complexity index is 134. The lowest BCUT2D eigenvalue weighted by molar-refractivity contribution is 0.264. The van der Waals surface area contributed by atoms with Crippen LogP contribution in [0.2, 0.25) is 19.6 Å². The molecule has 1 aliphatic heterocycles. The lowest BCUT2D eigenvalue weighted by atomic mass is 9.93. The van der Waals surface area contributed by atoms with Crippen LogP contribution in [0.25, 0.3) is 0 Å². The van der Waals surface area contributed by atoms with Gasteiger partial charge in [-0.3, -0.25) is 0 Å². The summed E-state index contributed by atoms with van der Waals surface area (Å²) in [6.45, 7) is 13.9. The van der Waals surface area contributed by atoms with Crippen molar-refractivity contribution in [3.8, 4) is 0 Å². The Labute approximate surface area is 71.1 Å². The Hall–Kier alpha value is 0.177. The molecule has 1 fully saturated rings. The molecule has 0 aromatic carbocycles. The van der Waals surface area contributed by atoms with E-state index in [0.29, 0.717) is 17.2 Å². The molecule has 1 nitrogen and oxygen atoms in total. The van der Waals surface area contributed by atoms with Crippen molar-refractivity contribution < 1.29 is 4.74 Å². The van der Waals surface area contributed by atoms with E-state index in [1.165, 1.54) is 0 Å². The van der Waals surface area contributed by atoms with Crippen LogP contribution >= 0.6 is 0 Å². The van der Waals surface area contributed by atoms with E-state index in [1.807, 2.05) is 0 Å². The van der Waals surface area contributed by atoms with Gasteiger partial charge in [-0.1, -0.05) is 40.4 Å². The third-order valence-electron chi connectivity index (χ3n) is 2.20. The molecule has 1 heterocycles. The molecule has 0 aromatic rings. The van der Waals surface area contributed by atoms with Crippen molar-refractivity contribution in [2.75, 3.05) is 0 Å². The maximum atomic E-state index is 5.71. The van der Waals surface area contributed by atoms with E-state index in [0.717, 1.165) is 0 Å². The van der Waals surface area contributed by atoms with Gasteiger partial charge in [0.1, 0.15) is 0 Å². The summed E-state index contributed by atoms with van der Waals surface area (Å²) in [5.41, 5.74) is 0.966. The van der Waals surface area contributed by atoms with E-state index < -0.39 is 8.07 Å². The van der Waals surface area contributed by atoms with Crippen LogP contribution in [0.5, 0.6) is 0 Å². The molecule has 0 amide bonds. The molecule has 0 saturated carbocycles. The van der Waals surface area contributed by atoms with Gasteiger partial charge in [-0.2, -0.15) is 0 Å². The van der Waals surface area contributed by atoms with Crippen molar-refractivity contribution in [2.24, 2.45) is 5.41 Å². The van der Waals surface area contributed by atoms with Crippen LogP contribution in [0.4, 0.5) is 0 Å². The standard InChI is InChI=1S/C9H20OSi/c1-9(2,3)7-8(10-7)11(4,5)6/h7-8H,1-6H3/t7-,8+/m0/s1. The molecule has 0 unspecified atom stereocenters. The zero-order chi connectivity index (χ0) is 8.86. The summed E-state index contributed by atoms with van der Waals surface area (Å²) >= 11 is 0. The highest BCUT2D eigenvalue weighted by Gasteiger charge is 2.53. The zero-order valence-electron chi connectivity index (χ0n) is 8.56. The molecule has 1 saturated heterocycles. The SMILES string of the molecule is CC(C)(C)[C@H]1O[C@@H]1[Si](C)(C)C. The Balaban J connectivity index is 2.51. The lowest BCUT2D eigenvalue weighted by Gasteiger charge is -2.18. The quantitative estimate of drug-likeness (QED) is 0.437. The lowest BCUT2D eigenvalue weighted by Crippen LogP contribution is -2.33. The van der Waals surface area contributed by atoms with Gasteiger partial charge in [-0.05, 0) is 5.41 Å². The fourth-order valence-corrected chi connectivity index (χ4v) is 3.39. The number of epoxide rings is 1. The van der Waals surface area contributed by atoms with Crippen molar-refractivity contribution in [1.82, 2.24) is 0 Å². The fourth-order valence-electron chi connectivity index (χ4n) is 1.43. The minimum atomic E-state index is -1.02. The van der Waals surface area contributed by atoms with Crippen LogP contribution in [-0.2, 0) is 4.74 Å². The summed E-state index contributed by atoms with van der Waals surface area (Å²) in [6.07, 6.45) is 0.536. The molecule has 0 radical (unpaired) electrons. The van der Waals surface area contributed by atoms with Crippen molar-refractivity contribution in [3.63, 3.8) is 0 Å². The Morgan fingerprint density at radius 2 is 1.55 bits per heavy atom. The first-order chi connectivity index (χ1) is 4.73. The molecule has 0 bridgehead atoms. The maximum Gasteiger partial charge on any atom is 0.0855 e. The van der Waals surface area contributed by atoms with E-state index in [4.69, 9.17) is 4.74 Å². The highest BCUT2D eigenvalue weighted by molar-refractivity contribution is 6.78.